The van der Waals surface area contributed by atoms with Crippen molar-refractivity contribution >= 4 is 11.6 Å². The lowest BCUT2D eigenvalue weighted by Crippen LogP contribution is -1.99. The zero-order valence-corrected chi connectivity index (χ0v) is 11.3. The van der Waals surface area contributed by atoms with Gasteiger partial charge in [-0.3, -0.25) is 0 Å². The van der Waals surface area contributed by atoms with Crippen LogP contribution >= 0.6 is 11.6 Å². The minimum absolute atomic E-state index is 0.159. The number of aromatic nitrogens is 2. The number of halogens is 1. The highest BCUT2D eigenvalue weighted by atomic mass is 35.5. The summed E-state index contributed by atoms with van der Waals surface area (Å²) in [6.45, 7) is 3.96. The van der Waals surface area contributed by atoms with Gasteiger partial charge in [0.15, 0.2) is 0 Å². The quantitative estimate of drug-likeness (QED) is 0.795. The predicted octanol–water partition coefficient (Wildman–Crippen LogP) is 3.92. The molecular weight excluding hydrogens is 262 g/mol. The van der Waals surface area contributed by atoms with E-state index >= 15 is 0 Å². The summed E-state index contributed by atoms with van der Waals surface area (Å²) >= 11 is 5.94. The average Bonchev–Trinajstić information content (AvgIpc) is 2.38. The van der Waals surface area contributed by atoms with E-state index in [0.717, 1.165) is 0 Å². The van der Waals surface area contributed by atoms with Crippen molar-refractivity contribution in [2.24, 2.45) is 0 Å². The second-order valence-electron chi connectivity index (χ2n) is 4.28. The maximum absolute atomic E-state index is 8.84. The van der Waals surface area contributed by atoms with E-state index in [1.807, 2.05) is 13.8 Å². The average molecular weight is 274 g/mol. The van der Waals surface area contributed by atoms with Crippen molar-refractivity contribution in [2.45, 2.75) is 19.8 Å². The van der Waals surface area contributed by atoms with Gasteiger partial charge in [0.05, 0.1) is 11.6 Å². The van der Waals surface area contributed by atoms with Crippen molar-refractivity contribution in [3.05, 3.63) is 46.9 Å². The van der Waals surface area contributed by atoms with Crippen LogP contribution in [0.2, 0.25) is 5.15 Å². The Hall–Kier alpha value is -2.12. The van der Waals surface area contributed by atoms with E-state index in [4.69, 9.17) is 21.6 Å². The van der Waals surface area contributed by atoms with E-state index in [1.165, 1.54) is 0 Å². The molecule has 4 nitrogen and oxygen atoms in total. The molecule has 0 spiro atoms. The number of ether oxygens (including phenoxy) is 1. The highest BCUT2D eigenvalue weighted by molar-refractivity contribution is 6.29. The van der Waals surface area contributed by atoms with Crippen LogP contribution in [0.5, 0.6) is 11.6 Å². The molecule has 2 aromatic rings. The zero-order valence-electron chi connectivity index (χ0n) is 10.6. The Morgan fingerprint density at radius 3 is 2.74 bits per heavy atom. The highest BCUT2D eigenvalue weighted by Gasteiger charge is 2.08. The van der Waals surface area contributed by atoms with Gasteiger partial charge in [0.25, 0.3) is 0 Å². The molecule has 19 heavy (non-hydrogen) atoms. The van der Waals surface area contributed by atoms with Crippen molar-refractivity contribution in [1.29, 1.82) is 5.26 Å². The topological polar surface area (TPSA) is 58.8 Å². The first kappa shape index (κ1) is 13.3. The maximum Gasteiger partial charge on any atom is 0.224 e. The molecule has 0 fully saturated rings. The minimum atomic E-state index is 0.159. The number of nitrogens with zero attached hydrogens (tertiary/aromatic N) is 3. The van der Waals surface area contributed by atoms with Crippen molar-refractivity contribution < 1.29 is 4.74 Å². The summed E-state index contributed by atoms with van der Waals surface area (Å²) in [5, 5.41) is 9.17. The van der Waals surface area contributed by atoms with Crippen LogP contribution < -0.4 is 4.74 Å². The Balaban J connectivity index is 2.30. The second kappa shape index (κ2) is 5.68. The Morgan fingerprint density at radius 2 is 2.05 bits per heavy atom. The van der Waals surface area contributed by atoms with Crippen LogP contribution in [0.3, 0.4) is 0 Å². The lowest BCUT2D eigenvalue weighted by molar-refractivity contribution is 0.457. The highest BCUT2D eigenvalue weighted by Crippen LogP contribution is 2.24. The molecule has 0 amide bonds. The van der Waals surface area contributed by atoms with Gasteiger partial charge in [0, 0.05) is 12.0 Å². The summed E-state index contributed by atoms with van der Waals surface area (Å²) in [5.41, 5.74) is 0.529. The smallest absolute Gasteiger partial charge is 0.224 e. The molecule has 0 aliphatic heterocycles. The fourth-order valence-corrected chi connectivity index (χ4v) is 1.65. The van der Waals surface area contributed by atoms with E-state index in [0.29, 0.717) is 28.2 Å². The third-order valence-electron chi connectivity index (χ3n) is 2.39. The van der Waals surface area contributed by atoms with Crippen LogP contribution in [-0.2, 0) is 0 Å². The number of rotatable bonds is 3. The van der Waals surface area contributed by atoms with Gasteiger partial charge in [0.2, 0.25) is 5.88 Å². The molecule has 0 saturated heterocycles. The monoisotopic (exact) mass is 273 g/mol. The molecule has 0 aliphatic rings. The van der Waals surface area contributed by atoms with Gasteiger partial charge in [-0.15, -0.1) is 0 Å². The number of benzene rings is 1. The van der Waals surface area contributed by atoms with E-state index in [1.54, 1.807) is 30.3 Å². The third-order valence-corrected chi connectivity index (χ3v) is 2.58. The molecule has 0 radical (unpaired) electrons. The van der Waals surface area contributed by atoms with Gasteiger partial charge in [-0.25, -0.2) is 4.98 Å². The van der Waals surface area contributed by atoms with Gasteiger partial charge in [-0.2, -0.15) is 10.2 Å². The largest absolute Gasteiger partial charge is 0.439 e. The first-order valence-electron chi connectivity index (χ1n) is 5.81. The molecular formula is C14H12ClN3O. The molecule has 1 aromatic carbocycles. The van der Waals surface area contributed by atoms with E-state index in [2.05, 4.69) is 16.0 Å². The SMILES string of the molecule is CC(C)c1nc(Cl)cc(Oc2cccc(C#N)c2)n1. The Morgan fingerprint density at radius 1 is 1.26 bits per heavy atom. The molecule has 0 aliphatic carbocycles. The summed E-state index contributed by atoms with van der Waals surface area (Å²) < 4.78 is 5.61. The standard InChI is InChI=1S/C14H12ClN3O/c1-9(2)14-17-12(15)7-13(18-14)19-11-5-3-4-10(6-11)8-16/h3-7,9H,1-2H3. The van der Waals surface area contributed by atoms with Crippen LogP contribution in [-0.4, -0.2) is 9.97 Å². The summed E-state index contributed by atoms with van der Waals surface area (Å²) in [6, 6.07) is 10.5. The van der Waals surface area contributed by atoms with Crippen LogP contribution in [0.15, 0.2) is 30.3 Å². The fourth-order valence-electron chi connectivity index (χ4n) is 1.47. The molecule has 0 N–H and O–H groups in total. The van der Waals surface area contributed by atoms with E-state index in [9.17, 15) is 0 Å². The molecule has 2 rings (SSSR count). The van der Waals surface area contributed by atoms with Crippen molar-refractivity contribution in [2.75, 3.05) is 0 Å². The van der Waals surface area contributed by atoms with Crippen LogP contribution in [0.4, 0.5) is 0 Å². The lowest BCUT2D eigenvalue weighted by Gasteiger charge is -2.08. The first-order chi connectivity index (χ1) is 9.08. The second-order valence-corrected chi connectivity index (χ2v) is 4.67. The summed E-state index contributed by atoms with van der Waals surface area (Å²) in [4.78, 5) is 8.41. The number of hydrogen-bond donors (Lipinski definition) is 0. The van der Waals surface area contributed by atoms with Crippen LogP contribution in [0, 0.1) is 11.3 Å². The van der Waals surface area contributed by atoms with Crippen molar-refractivity contribution in [1.82, 2.24) is 9.97 Å². The summed E-state index contributed by atoms with van der Waals surface area (Å²) in [5.74, 6) is 1.70. The summed E-state index contributed by atoms with van der Waals surface area (Å²) in [7, 11) is 0. The lowest BCUT2D eigenvalue weighted by atomic mass is 10.2. The molecule has 0 bridgehead atoms. The van der Waals surface area contributed by atoms with E-state index < -0.39 is 0 Å². The van der Waals surface area contributed by atoms with Gasteiger partial charge in [-0.1, -0.05) is 31.5 Å². The normalized spacial score (nSPS) is 10.3. The van der Waals surface area contributed by atoms with Crippen LogP contribution in [0.25, 0.3) is 0 Å². The first-order valence-corrected chi connectivity index (χ1v) is 6.19. The number of nitriles is 1. The van der Waals surface area contributed by atoms with Gasteiger partial charge in [-0.05, 0) is 18.2 Å². The van der Waals surface area contributed by atoms with Crippen LogP contribution in [0.1, 0.15) is 31.2 Å². The molecule has 0 unspecified atom stereocenters. The molecule has 5 heteroatoms. The molecule has 0 saturated carbocycles. The molecule has 1 heterocycles. The predicted molar refractivity (Wildman–Crippen MR) is 72.4 cm³/mol. The Labute approximate surface area is 116 Å². The van der Waals surface area contributed by atoms with Gasteiger partial charge >= 0.3 is 0 Å². The van der Waals surface area contributed by atoms with E-state index in [-0.39, 0.29) is 5.92 Å². The van der Waals surface area contributed by atoms with Gasteiger partial charge in [0.1, 0.15) is 16.7 Å². The molecule has 96 valence electrons. The maximum atomic E-state index is 8.84. The summed E-state index contributed by atoms with van der Waals surface area (Å²) in [6.07, 6.45) is 0. The minimum Gasteiger partial charge on any atom is -0.439 e. The fraction of sp³-hybridized carbons (Fsp3) is 0.214. The van der Waals surface area contributed by atoms with Gasteiger partial charge < -0.3 is 4.74 Å². The zero-order chi connectivity index (χ0) is 13.8. The number of hydrogen-bond acceptors (Lipinski definition) is 4. The van der Waals surface area contributed by atoms with Crippen molar-refractivity contribution in [3.8, 4) is 17.7 Å². The van der Waals surface area contributed by atoms with Crippen molar-refractivity contribution in [3.63, 3.8) is 0 Å². The molecule has 1 aromatic heterocycles. The third kappa shape index (κ3) is 3.43. The Kier molecular flexibility index (Phi) is 3.98. The Bertz CT molecular complexity index is 635. The molecule has 0 atom stereocenters.